The van der Waals surface area contributed by atoms with Gasteiger partial charge in [-0.2, -0.15) is 0 Å². The number of amides is 2. The zero-order valence-corrected chi connectivity index (χ0v) is 29.3. The molecule has 3 rings (SSSR count). The fourth-order valence-electron chi connectivity index (χ4n) is 6.66. The van der Waals surface area contributed by atoms with Gasteiger partial charge in [-0.05, 0) is 72.6 Å². The van der Waals surface area contributed by atoms with Crippen LogP contribution in [0.4, 0.5) is 0 Å². The van der Waals surface area contributed by atoms with E-state index in [-0.39, 0.29) is 41.8 Å². The van der Waals surface area contributed by atoms with Crippen molar-refractivity contribution in [2.45, 2.75) is 130 Å². The maximum atomic E-state index is 14.2. The lowest BCUT2D eigenvalue weighted by Crippen LogP contribution is -2.55. The molecule has 1 aliphatic rings. The number of phenolic OH excluding ortho intramolecular Hbond substituents is 2. The van der Waals surface area contributed by atoms with Crippen LogP contribution in [-0.4, -0.2) is 68.8 Å². The summed E-state index contributed by atoms with van der Waals surface area (Å²) in [5.74, 6) is -1.82. The molecule has 1 saturated heterocycles. The van der Waals surface area contributed by atoms with Gasteiger partial charge in [-0.15, -0.1) is 0 Å². The first-order chi connectivity index (χ1) is 22.1. The molecule has 0 radical (unpaired) electrons. The summed E-state index contributed by atoms with van der Waals surface area (Å²) in [4.78, 5) is 42.7. The number of hydrogen-bond donors (Lipinski definition) is 4. The molecule has 0 aromatic heterocycles. The van der Waals surface area contributed by atoms with Crippen molar-refractivity contribution in [3.8, 4) is 11.5 Å². The smallest absolute Gasteiger partial charge is 0.329 e. The highest BCUT2D eigenvalue weighted by molar-refractivity contribution is 5.92. The Bertz CT molecular complexity index is 1340. The number of phenols is 2. The Morgan fingerprint density at radius 1 is 1.02 bits per heavy atom. The number of aromatic hydroxyl groups is 2. The minimum atomic E-state index is -1.52. The molecule has 0 aliphatic carbocycles. The van der Waals surface area contributed by atoms with E-state index in [2.05, 4.69) is 33.0 Å². The molecule has 9 heteroatoms. The Morgan fingerprint density at radius 3 is 2.32 bits per heavy atom. The van der Waals surface area contributed by atoms with E-state index in [1.807, 2.05) is 51.1 Å². The van der Waals surface area contributed by atoms with Gasteiger partial charge in [0.25, 0.3) is 0 Å². The molecule has 0 spiro atoms. The number of aliphatic hydroxyl groups excluding tert-OH is 1. The predicted molar refractivity (Wildman–Crippen MR) is 183 cm³/mol. The van der Waals surface area contributed by atoms with Crippen LogP contribution in [0.5, 0.6) is 11.5 Å². The molecule has 260 valence electrons. The summed E-state index contributed by atoms with van der Waals surface area (Å²) in [6.07, 6.45) is 3.28. The van der Waals surface area contributed by atoms with Gasteiger partial charge in [0.05, 0.1) is 6.10 Å². The number of hydrogen-bond acceptors (Lipinski definition) is 7. The third-order valence-corrected chi connectivity index (χ3v) is 10.1. The molecule has 2 amide bonds. The summed E-state index contributed by atoms with van der Waals surface area (Å²) < 4.78 is 5.99. The van der Waals surface area contributed by atoms with Gasteiger partial charge in [0.2, 0.25) is 11.8 Å². The maximum absolute atomic E-state index is 14.2. The van der Waals surface area contributed by atoms with Crippen molar-refractivity contribution in [2.75, 3.05) is 6.54 Å². The Kier molecular flexibility index (Phi) is 13.3. The van der Waals surface area contributed by atoms with E-state index in [9.17, 15) is 29.7 Å². The summed E-state index contributed by atoms with van der Waals surface area (Å²) in [7, 11) is 0. The van der Waals surface area contributed by atoms with E-state index in [1.54, 1.807) is 0 Å². The van der Waals surface area contributed by atoms with E-state index in [0.717, 1.165) is 31.2 Å². The number of aliphatic hydroxyl groups is 1. The van der Waals surface area contributed by atoms with Gasteiger partial charge in [0, 0.05) is 13.0 Å². The third-order valence-electron chi connectivity index (χ3n) is 10.1. The van der Waals surface area contributed by atoms with Crippen LogP contribution in [0.25, 0.3) is 0 Å². The van der Waals surface area contributed by atoms with E-state index < -0.39 is 35.5 Å². The van der Waals surface area contributed by atoms with Gasteiger partial charge in [0.15, 0.2) is 11.5 Å². The highest BCUT2D eigenvalue weighted by atomic mass is 16.5. The highest BCUT2D eigenvalue weighted by Crippen LogP contribution is 2.37. The van der Waals surface area contributed by atoms with Crippen molar-refractivity contribution in [1.82, 2.24) is 10.2 Å². The number of nitrogens with one attached hydrogen (secondary N) is 1. The first-order valence-corrected chi connectivity index (χ1v) is 17.1. The van der Waals surface area contributed by atoms with Crippen molar-refractivity contribution in [3.63, 3.8) is 0 Å². The van der Waals surface area contributed by atoms with Crippen LogP contribution in [0.15, 0.2) is 48.5 Å². The number of likely N-dealkylation sites (tertiary alicyclic amines) is 1. The first-order valence-electron chi connectivity index (χ1n) is 17.1. The standard InChI is InChI=1S/C38H56N2O7/c1-8-14-28(37(4,5)9-2)21-25(3)47-36(46)30-17-13-20-40(30)35(45)29(24-38(6,7)27-15-11-10-12-16-27)39-34(44)33(43)23-26-18-19-31(41)32(42)22-26/h10-12,15-16,18-19,22,25,28-30,33,41-43H,8-9,13-14,17,20-21,23-24H2,1-7H3,(H,39,44). The molecule has 4 N–H and O–H groups in total. The summed E-state index contributed by atoms with van der Waals surface area (Å²) in [6.45, 7) is 15.1. The second kappa shape index (κ2) is 16.5. The number of ether oxygens (including phenoxy) is 1. The molecule has 1 heterocycles. The van der Waals surface area contributed by atoms with Crippen LogP contribution < -0.4 is 5.32 Å². The normalized spacial score (nSPS) is 17.9. The number of carbonyl (C=O) groups excluding carboxylic acids is 3. The largest absolute Gasteiger partial charge is 0.504 e. The number of benzene rings is 2. The van der Waals surface area contributed by atoms with Gasteiger partial charge < -0.3 is 30.3 Å². The van der Waals surface area contributed by atoms with Gasteiger partial charge in [-0.3, -0.25) is 9.59 Å². The molecule has 5 unspecified atom stereocenters. The molecule has 5 atom stereocenters. The summed E-state index contributed by atoms with van der Waals surface area (Å²) in [6, 6.07) is 12.0. The van der Waals surface area contributed by atoms with Crippen molar-refractivity contribution >= 4 is 17.8 Å². The van der Waals surface area contributed by atoms with Gasteiger partial charge >= 0.3 is 5.97 Å². The van der Waals surface area contributed by atoms with Crippen LogP contribution in [0.1, 0.15) is 105 Å². The number of rotatable bonds is 16. The monoisotopic (exact) mass is 652 g/mol. The molecule has 2 aromatic carbocycles. The van der Waals surface area contributed by atoms with E-state index in [0.29, 0.717) is 30.9 Å². The quantitative estimate of drug-likeness (QED) is 0.129. The Labute approximate surface area is 280 Å². The summed E-state index contributed by atoms with van der Waals surface area (Å²) >= 11 is 0. The Morgan fingerprint density at radius 2 is 1.70 bits per heavy atom. The molecular weight excluding hydrogens is 596 g/mol. The predicted octanol–water partition coefficient (Wildman–Crippen LogP) is 6.02. The lowest BCUT2D eigenvalue weighted by molar-refractivity contribution is -0.159. The van der Waals surface area contributed by atoms with Crippen LogP contribution in [0.3, 0.4) is 0 Å². The van der Waals surface area contributed by atoms with Crippen molar-refractivity contribution in [2.24, 2.45) is 11.3 Å². The zero-order valence-electron chi connectivity index (χ0n) is 29.3. The van der Waals surface area contributed by atoms with Gasteiger partial charge in [0.1, 0.15) is 18.2 Å². The number of nitrogens with zero attached hydrogens (tertiary/aromatic N) is 1. The Hall–Kier alpha value is -3.59. The number of esters is 1. The average Bonchev–Trinajstić information content (AvgIpc) is 3.52. The van der Waals surface area contributed by atoms with Crippen LogP contribution in [0, 0.1) is 11.3 Å². The molecule has 0 bridgehead atoms. The van der Waals surface area contributed by atoms with Gasteiger partial charge in [-0.25, -0.2) is 4.79 Å². The Balaban J connectivity index is 1.79. The van der Waals surface area contributed by atoms with Gasteiger partial charge in [-0.1, -0.05) is 97.2 Å². The fraction of sp³-hybridized carbons (Fsp3) is 0.605. The van der Waals surface area contributed by atoms with E-state index >= 15 is 0 Å². The highest BCUT2D eigenvalue weighted by Gasteiger charge is 2.41. The molecule has 0 saturated carbocycles. The SMILES string of the molecule is CCCC(CC(C)OC(=O)C1CCCN1C(=O)C(CC(C)(C)c1ccccc1)NC(=O)C(O)Cc1ccc(O)c(O)c1)C(C)(C)CC. The first kappa shape index (κ1) is 37.9. The molecule has 9 nitrogen and oxygen atoms in total. The average molecular weight is 653 g/mol. The minimum Gasteiger partial charge on any atom is -0.504 e. The van der Waals surface area contributed by atoms with Crippen molar-refractivity contribution in [1.29, 1.82) is 0 Å². The molecule has 2 aromatic rings. The lowest BCUT2D eigenvalue weighted by atomic mass is 9.72. The number of carbonyl (C=O) groups is 3. The van der Waals surface area contributed by atoms with E-state index in [4.69, 9.17) is 4.74 Å². The topological polar surface area (TPSA) is 136 Å². The molecular formula is C38H56N2O7. The summed E-state index contributed by atoms with van der Waals surface area (Å²) in [5.41, 5.74) is 1.01. The third kappa shape index (κ3) is 10.2. The maximum Gasteiger partial charge on any atom is 0.329 e. The summed E-state index contributed by atoms with van der Waals surface area (Å²) in [5, 5.41) is 33.1. The van der Waals surface area contributed by atoms with Crippen molar-refractivity contribution < 1.29 is 34.4 Å². The zero-order chi connectivity index (χ0) is 34.9. The van der Waals surface area contributed by atoms with Crippen molar-refractivity contribution in [3.05, 3.63) is 59.7 Å². The van der Waals surface area contributed by atoms with Crippen LogP contribution in [-0.2, 0) is 31.0 Å². The second-order valence-corrected chi connectivity index (χ2v) is 14.6. The lowest BCUT2D eigenvalue weighted by Gasteiger charge is -2.36. The molecule has 1 aliphatic heterocycles. The van der Waals surface area contributed by atoms with Crippen LogP contribution in [0.2, 0.25) is 0 Å². The fourth-order valence-corrected chi connectivity index (χ4v) is 6.66. The molecule has 47 heavy (non-hydrogen) atoms. The van der Waals surface area contributed by atoms with Crippen LogP contribution >= 0.6 is 0 Å². The molecule has 1 fully saturated rings. The minimum absolute atomic E-state index is 0.121. The van der Waals surface area contributed by atoms with E-state index in [1.165, 1.54) is 23.1 Å². The second-order valence-electron chi connectivity index (χ2n) is 14.6.